The van der Waals surface area contributed by atoms with Gasteiger partial charge in [0.25, 0.3) is 0 Å². The Morgan fingerprint density at radius 3 is 1.80 bits per heavy atom. The minimum absolute atomic E-state index is 0.457. The van der Waals surface area contributed by atoms with E-state index < -0.39 is 11.2 Å². The monoisotopic (exact) mass is 144 g/mol. The topological polar surface area (TPSA) is 29.5 Å². The van der Waals surface area contributed by atoms with E-state index >= 15 is 0 Å². The van der Waals surface area contributed by atoms with Gasteiger partial charge in [-0.05, 0) is 27.7 Å². The van der Waals surface area contributed by atoms with Crippen LogP contribution in [-0.2, 0) is 4.74 Å². The lowest BCUT2D eigenvalue weighted by molar-refractivity contribution is -0.135. The molecule has 0 heterocycles. The fourth-order valence-corrected chi connectivity index (χ4v) is 0.537. The zero-order valence-corrected chi connectivity index (χ0v) is 7.56. The second-order valence-electron chi connectivity index (χ2n) is 3.50. The summed E-state index contributed by atoms with van der Waals surface area (Å²) in [5.74, 6) is 0. The van der Waals surface area contributed by atoms with Gasteiger partial charge in [0.1, 0.15) is 7.85 Å². The zero-order valence-electron chi connectivity index (χ0n) is 7.56. The van der Waals surface area contributed by atoms with Crippen molar-refractivity contribution in [2.75, 3.05) is 6.51 Å². The van der Waals surface area contributed by atoms with E-state index in [1.165, 1.54) is 0 Å². The van der Waals surface area contributed by atoms with Gasteiger partial charge in [-0.15, -0.1) is 0 Å². The summed E-state index contributed by atoms with van der Waals surface area (Å²) in [6, 6.07) is 0. The van der Waals surface area contributed by atoms with E-state index in [0.29, 0.717) is 6.51 Å². The van der Waals surface area contributed by atoms with Gasteiger partial charge in [-0.25, -0.2) is 0 Å². The number of aliphatic hydroxyl groups is 1. The third kappa shape index (κ3) is 2.31. The molecule has 2 nitrogen and oxygen atoms in total. The molecule has 0 saturated carbocycles. The van der Waals surface area contributed by atoms with Crippen molar-refractivity contribution < 1.29 is 9.84 Å². The fourth-order valence-electron chi connectivity index (χ4n) is 0.537. The number of rotatable bonds is 3. The molecule has 60 valence electrons. The summed E-state index contributed by atoms with van der Waals surface area (Å²) in [4.78, 5) is 0. The first-order valence-electron chi connectivity index (χ1n) is 3.67. The lowest BCUT2D eigenvalue weighted by atomic mass is 9.89. The summed E-state index contributed by atoms with van der Waals surface area (Å²) in [7, 11) is 1.92. The van der Waals surface area contributed by atoms with E-state index in [-0.39, 0.29) is 0 Å². The van der Waals surface area contributed by atoms with Crippen molar-refractivity contribution >= 4 is 7.85 Å². The summed E-state index contributed by atoms with van der Waals surface area (Å²) < 4.78 is 5.34. The van der Waals surface area contributed by atoms with Crippen LogP contribution in [0.15, 0.2) is 0 Å². The molecule has 0 rings (SSSR count). The van der Waals surface area contributed by atoms with Gasteiger partial charge in [0.05, 0.1) is 11.2 Å². The van der Waals surface area contributed by atoms with E-state index in [1.807, 2.05) is 21.7 Å². The van der Waals surface area contributed by atoms with Gasteiger partial charge in [0, 0.05) is 6.51 Å². The lowest BCUT2D eigenvalue weighted by Gasteiger charge is -2.36. The molecule has 0 unspecified atom stereocenters. The molecule has 0 amide bonds. The third-order valence-corrected chi connectivity index (χ3v) is 1.98. The summed E-state index contributed by atoms with van der Waals surface area (Å²) in [6.45, 7) is 7.91. The summed E-state index contributed by atoms with van der Waals surface area (Å²) in [5.41, 5.74) is -1.23. The molecule has 0 aromatic rings. The zero-order chi connectivity index (χ0) is 8.41. The van der Waals surface area contributed by atoms with E-state index in [2.05, 4.69) is 0 Å². The van der Waals surface area contributed by atoms with E-state index in [0.717, 1.165) is 0 Å². The molecule has 10 heavy (non-hydrogen) atoms. The van der Waals surface area contributed by atoms with Gasteiger partial charge in [0.2, 0.25) is 0 Å². The Morgan fingerprint density at radius 2 is 1.70 bits per heavy atom. The first-order chi connectivity index (χ1) is 4.31. The molecule has 1 N–H and O–H groups in total. The van der Waals surface area contributed by atoms with Crippen molar-refractivity contribution in [1.29, 1.82) is 0 Å². The van der Waals surface area contributed by atoms with Crippen LogP contribution in [-0.4, -0.2) is 30.7 Å². The molecule has 0 radical (unpaired) electrons. The number of ether oxygens (including phenoxy) is 1. The van der Waals surface area contributed by atoms with Crippen LogP contribution >= 0.6 is 0 Å². The molecular weight excluding hydrogens is 127 g/mol. The smallest absolute Gasteiger partial charge is 0.135 e. The summed E-state index contributed by atoms with van der Waals surface area (Å²) >= 11 is 0. The van der Waals surface area contributed by atoms with Crippen LogP contribution in [0.5, 0.6) is 0 Å². The summed E-state index contributed by atoms with van der Waals surface area (Å²) in [6.07, 6.45) is 0. The van der Waals surface area contributed by atoms with Gasteiger partial charge >= 0.3 is 0 Å². The Kier molecular flexibility index (Phi) is 2.92. The molecule has 0 saturated heterocycles. The maximum Gasteiger partial charge on any atom is 0.135 e. The van der Waals surface area contributed by atoms with Crippen LogP contribution in [0, 0.1) is 0 Å². The molecule has 0 aliphatic rings. The molecule has 0 aliphatic heterocycles. The minimum Gasteiger partial charge on any atom is -0.387 e. The van der Waals surface area contributed by atoms with Gasteiger partial charge in [-0.3, -0.25) is 0 Å². The average molecular weight is 144 g/mol. The Balaban J connectivity index is 4.10. The molecule has 0 atom stereocenters. The molecule has 0 aliphatic carbocycles. The Morgan fingerprint density at radius 1 is 1.30 bits per heavy atom. The highest BCUT2D eigenvalue weighted by molar-refractivity contribution is 6.08. The molecule has 0 spiro atoms. The van der Waals surface area contributed by atoms with Crippen LogP contribution in [0.25, 0.3) is 0 Å². The predicted molar refractivity (Wildman–Crippen MR) is 44.9 cm³/mol. The van der Waals surface area contributed by atoms with Crippen molar-refractivity contribution in [2.45, 2.75) is 38.9 Å². The molecule has 3 heteroatoms. The van der Waals surface area contributed by atoms with Crippen LogP contribution in [0.2, 0.25) is 0 Å². The largest absolute Gasteiger partial charge is 0.387 e. The van der Waals surface area contributed by atoms with Crippen molar-refractivity contribution in [3.8, 4) is 0 Å². The maximum absolute atomic E-state index is 9.55. The Hall–Kier alpha value is -0.0151. The van der Waals surface area contributed by atoms with Gasteiger partial charge in [-0.1, -0.05) is 0 Å². The molecule has 0 fully saturated rings. The third-order valence-electron chi connectivity index (χ3n) is 1.98. The first-order valence-corrected chi connectivity index (χ1v) is 3.67. The van der Waals surface area contributed by atoms with Crippen molar-refractivity contribution in [1.82, 2.24) is 0 Å². The Bertz CT molecular complexity index is 105. The van der Waals surface area contributed by atoms with Crippen LogP contribution < -0.4 is 0 Å². The van der Waals surface area contributed by atoms with Crippen LogP contribution in [0.3, 0.4) is 0 Å². The predicted octanol–water partition coefficient (Wildman–Crippen LogP) is 0.143. The summed E-state index contributed by atoms with van der Waals surface area (Å²) in [5, 5.41) is 9.55. The lowest BCUT2D eigenvalue weighted by Crippen LogP contribution is -2.47. The van der Waals surface area contributed by atoms with Crippen LogP contribution in [0.1, 0.15) is 27.7 Å². The van der Waals surface area contributed by atoms with Crippen molar-refractivity contribution in [3.63, 3.8) is 0 Å². The highest BCUT2D eigenvalue weighted by atomic mass is 16.5. The van der Waals surface area contributed by atoms with Crippen LogP contribution in [0.4, 0.5) is 0 Å². The standard InChI is InChI=1S/C7H17BO2/c1-6(2,9)7(3,4)10-5-8/h9H,5,8H2,1-4H3. The minimum atomic E-state index is -0.775. The maximum atomic E-state index is 9.55. The normalized spacial score (nSPS) is 13.7. The second kappa shape index (κ2) is 2.93. The first kappa shape index (κ1) is 9.98. The van der Waals surface area contributed by atoms with Gasteiger partial charge in [0.15, 0.2) is 0 Å². The molecular formula is C7H17BO2. The number of hydrogen-bond donors (Lipinski definition) is 1. The molecule has 0 aromatic carbocycles. The molecule has 0 bridgehead atoms. The van der Waals surface area contributed by atoms with E-state index in [1.54, 1.807) is 13.8 Å². The quantitative estimate of drug-likeness (QED) is 0.571. The number of hydrogen-bond acceptors (Lipinski definition) is 2. The van der Waals surface area contributed by atoms with Gasteiger partial charge < -0.3 is 9.84 Å². The fraction of sp³-hybridized carbons (Fsp3) is 1.00. The Labute approximate surface area is 64.0 Å². The van der Waals surface area contributed by atoms with E-state index in [4.69, 9.17) is 4.74 Å². The molecule has 0 aromatic heterocycles. The van der Waals surface area contributed by atoms with Gasteiger partial charge in [-0.2, -0.15) is 0 Å². The highest BCUT2D eigenvalue weighted by Crippen LogP contribution is 2.24. The SMILES string of the molecule is BCOC(C)(C)C(C)(C)O. The average Bonchev–Trinajstić information content (AvgIpc) is 1.61. The highest BCUT2D eigenvalue weighted by Gasteiger charge is 2.35. The van der Waals surface area contributed by atoms with E-state index in [9.17, 15) is 5.11 Å². The second-order valence-corrected chi connectivity index (χ2v) is 3.50. The van der Waals surface area contributed by atoms with Crippen molar-refractivity contribution in [3.05, 3.63) is 0 Å². The van der Waals surface area contributed by atoms with Crippen molar-refractivity contribution in [2.24, 2.45) is 0 Å².